The molecule has 0 saturated carbocycles. The van der Waals surface area contributed by atoms with Crippen molar-refractivity contribution < 1.29 is 9.53 Å². The van der Waals surface area contributed by atoms with E-state index in [1.807, 2.05) is 81.4 Å². The summed E-state index contributed by atoms with van der Waals surface area (Å²) in [6.45, 7) is 5.68. The van der Waals surface area contributed by atoms with E-state index in [9.17, 15) is 4.79 Å². The van der Waals surface area contributed by atoms with Crippen LogP contribution in [0.4, 0.5) is 0 Å². The van der Waals surface area contributed by atoms with E-state index in [4.69, 9.17) is 9.73 Å². The lowest BCUT2D eigenvalue weighted by atomic mass is 10.0. The average molecular weight is 386 g/mol. The summed E-state index contributed by atoms with van der Waals surface area (Å²) in [5, 5.41) is 0. The van der Waals surface area contributed by atoms with Gasteiger partial charge in [-0.2, -0.15) is 0 Å². The Kier molecular flexibility index (Phi) is 6.88. The molecule has 2 rings (SSSR count). The van der Waals surface area contributed by atoms with Crippen molar-refractivity contribution in [1.29, 1.82) is 0 Å². The first-order valence-electron chi connectivity index (χ1n) is 9.13. The van der Waals surface area contributed by atoms with Crippen molar-refractivity contribution in [1.82, 2.24) is 0 Å². The zero-order chi connectivity index (χ0) is 20.1. The number of rotatable bonds is 6. The molecule has 3 nitrogen and oxygen atoms in total. The van der Waals surface area contributed by atoms with Crippen LogP contribution < -0.4 is 0 Å². The van der Waals surface area contributed by atoms with Gasteiger partial charge in [0, 0.05) is 16.9 Å². The number of carbonyl (C=O) groups excluding carboxylic acids is 1. The van der Waals surface area contributed by atoms with E-state index < -0.39 is 21.7 Å². The van der Waals surface area contributed by atoms with Crippen LogP contribution in [0.5, 0.6) is 0 Å². The van der Waals surface area contributed by atoms with Crippen LogP contribution in [0.1, 0.15) is 31.9 Å². The maximum Gasteiger partial charge on any atom is 0.332 e. The number of nitrogens with zero attached hydrogens (tertiary/aromatic N) is 1. The second-order valence-corrected chi connectivity index (χ2v) is 13.0. The van der Waals surface area contributed by atoms with Gasteiger partial charge in [0.2, 0.25) is 0 Å². The van der Waals surface area contributed by atoms with E-state index in [2.05, 4.69) is 18.8 Å². The monoisotopic (exact) mass is 385 g/mol. The highest BCUT2D eigenvalue weighted by molar-refractivity contribution is 8.32. The number of hydrogen-bond acceptors (Lipinski definition) is 3. The predicted octanol–water partition coefficient (Wildman–Crippen LogP) is 4.93. The topological polar surface area (TPSA) is 38.7 Å². The highest BCUT2D eigenvalue weighted by atomic mass is 32.3. The molecule has 0 radical (unpaired) electrons. The number of benzene rings is 2. The van der Waals surface area contributed by atoms with Gasteiger partial charge in [0.15, 0.2) is 6.04 Å². The first-order valence-corrected chi connectivity index (χ1v) is 12.2. The van der Waals surface area contributed by atoms with Crippen LogP contribution in [0.25, 0.3) is 0 Å². The number of hydrogen-bond donors (Lipinski definition) is 0. The van der Waals surface area contributed by atoms with E-state index in [1.165, 1.54) is 0 Å². The van der Waals surface area contributed by atoms with E-state index in [0.29, 0.717) is 5.75 Å². The minimum atomic E-state index is -0.942. The van der Waals surface area contributed by atoms with Crippen LogP contribution in [0.15, 0.2) is 65.7 Å². The molecule has 2 aromatic carbocycles. The molecule has 0 aliphatic rings. The van der Waals surface area contributed by atoms with Crippen molar-refractivity contribution >= 4 is 21.7 Å². The Labute approximate surface area is 165 Å². The molecule has 0 bridgehead atoms. The standard InChI is InChI=1S/C23H31NO2S/c1-23(2,3)26-22(25)20(17-27(4,5)6)24-21(18-13-9-7-10-14-18)19-15-11-8-12-16-19/h7-16,20H,17H2,1-6H3/t20-/m1/s1. The second kappa shape index (κ2) is 8.75. The van der Waals surface area contributed by atoms with Gasteiger partial charge in [0.1, 0.15) is 5.60 Å². The molecule has 2 aromatic rings. The zero-order valence-corrected chi connectivity index (χ0v) is 18.0. The minimum absolute atomic E-state index is 0.255. The Balaban J connectivity index is 2.51. The molecule has 0 aromatic heterocycles. The van der Waals surface area contributed by atoms with Crippen LogP contribution in [0.3, 0.4) is 0 Å². The first-order chi connectivity index (χ1) is 12.6. The number of aliphatic imine (C=N–C) groups is 1. The molecule has 0 N–H and O–H groups in total. The van der Waals surface area contributed by atoms with Gasteiger partial charge in [0.25, 0.3) is 0 Å². The van der Waals surface area contributed by atoms with Crippen molar-refractivity contribution in [3.8, 4) is 0 Å². The maximum atomic E-state index is 12.9. The highest BCUT2D eigenvalue weighted by Crippen LogP contribution is 2.36. The minimum Gasteiger partial charge on any atom is -0.458 e. The molecule has 0 saturated heterocycles. The molecule has 0 spiro atoms. The molecular weight excluding hydrogens is 354 g/mol. The zero-order valence-electron chi connectivity index (χ0n) is 17.2. The molecule has 27 heavy (non-hydrogen) atoms. The second-order valence-electron chi connectivity index (χ2n) is 8.52. The van der Waals surface area contributed by atoms with Crippen molar-refractivity contribution in [2.45, 2.75) is 32.4 Å². The van der Waals surface area contributed by atoms with E-state index in [-0.39, 0.29) is 5.97 Å². The third-order valence-corrected chi connectivity index (χ3v) is 5.03. The molecule has 0 aliphatic carbocycles. The van der Waals surface area contributed by atoms with Gasteiger partial charge < -0.3 is 4.74 Å². The van der Waals surface area contributed by atoms with Gasteiger partial charge in [-0.15, -0.1) is 0 Å². The Hall–Kier alpha value is -2.07. The van der Waals surface area contributed by atoms with Gasteiger partial charge >= 0.3 is 5.97 Å². The lowest BCUT2D eigenvalue weighted by Gasteiger charge is -2.30. The van der Waals surface area contributed by atoms with Gasteiger partial charge in [-0.3, -0.25) is 4.99 Å². The van der Waals surface area contributed by atoms with Gasteiger partial charge in [0.05, 0.1) is 5.71 Å². The van der Waals surface area contributed by atoms with Crippen LogP contribution in [-0.4, -0.2) is 47.8 Å². The van der Waals surface area contributed by atoms with Crippen LogP contribution in [0, 0.1) is 0 Å². The smallest absolute Gasteiger partial charge is 0.332 e. The van der Waals surface area contributed by atoms with Crippen molar-refractivity contribution in [3.63, 3.8) is 0 Å². The number of ether oxygens (including phenoxy) is 1. The predicted molar refractivity (Wildman–Crippen MR) is 118 cm³/mol. The Bertz CT molecular complexity index is 730. The van der Waals surface area contributed by atoms with Crippen molar-refractivity contribution in [3.05, 3.63) is 71.8 Å². The molecule has 0 fully saturated rings. The third kappa shape index (κ3) is 7.22. The normalized spacial score (nSPS) is 13.6. The summed E-state index contributed by atoms with van der Waals surface area (Å²) in [6.07, 6.45) is 6.60. The van der Waals surface area contributed by atoms with Gasteiger partial charge in [-0.05, 0) is 39.5 Å². The molecule has 0 amide bonds. The van der Waals surface area contributed by atoms with Gasteiger partial charge in [-0.1, -0.05) is 60.7 Å². The summed E-state index contributed by atoms with van der Waals surface area (Å²) >= 11 is 0. The molecule has 146 valence electrons. The Morgan fingerprint density at radius 3 is 1.74 bits per heavy atom. The fourth-order valence-corrected chi connectivity index (χ4v) is 3.82. The molecule has 0 heterocycles. The maximum absolute atomic E-state index is 12.9. The summed E-state index contributed by atoms with van der Waals surface area (Å²) < 4.78 is 5.69. The first kappa shape index (κ1) is 21.2. The summed E-state index contributed by atoms with van der Waals surface area (Å²) in [5.41, 5.74) is 2.30. The van der Waals surface area contributed by atoms with E-state index in [0.717, 1.165) is 16.8 Å². The molecular formula is C23H31NO2S. The molecule has 0 aliphatic heterocycles. The average Bonchev–Trinajstić information content (AvgIpc) is 2.57. The summed E-state index contributed by atoms with van der Waals surface area (Å²) in [6, 6.07) is 19.5. The summed E-state index contributed by atoms with van der Waals surface area (Å²) in [5.74, 6) is 0.444. The van der Waals surface area contributed by atoms with Crippen molar-refractivity contribution in [2.75, 3.05) is 24.5 Å². The van der Waals surface area contributed by atoms with E-state index >= 15 is 0 Å². The number of carbonyl (C=O) groups is 1. The number of esters is 1. The SMILES string of the molecule is CC(C)(C)OC(=O)[C@@H](CS(C)(C)C)N=C(c1ccccc1)c1ccccc1. The van der Waals surface area contributed by atoms with Crippen molar-refractivity contribution in [2.24, 2.45) is 4.99 Å². The Morgan fingerprint density at radius 2 is 1.37 bits per heavy atom. The Morgan fingerprint density at radius 1 is 0.926 bits per heavy atom. The van der Waals surface area contributed by atoms with E-state index in [1.54, 1.807) is 0 Å². The lowest BCUT2D eigenvalue weighted by Crippen LogP contribution is -2.34. The molecule has 4 heteroatoms. The highest BCUT2D eigenvalue weighted by Gasteiger charge is 2.28. The largest absolute Gasteiger partial charge is 0.458 e. The van der Waals surface area contributed by atoms with Crippen LogP contribution >= 0.6 is 10.0 Å². The van der Waals surface area contributed by atoms with Gasteiger partial charge in [-0.25, -0.2) is 14.8 Å². The lowest BCUT2D eigenvalue weighted by molar-refractivity contribution is -0.155. The summed E-state index contributed by atoms with van der Waals surface area (Å²) in [4.78, 5) is 17.9. The summed E-state index contributed by atoms with van der Waals surface area (Å²) in [7, 11) is -0.942. The van der Waals surface area contributed by atoms with Crippen LogP contribution in [-0.2, 0) is 9.53 Å². The van der Waals surface area contributed by atoms with Crippen LogP contribution in [0.2, 0.25) is 0 Å². The molecule has 1 atom stereocenters. The molecule has 0 unspecified atom stereocenters. The third-order valence-electron chi connectivity index (χ3n) is 3.72. The quantitative estimate of drug-likeness (QED) is 0.522. The fraction of sp³-hybridized carbons (Fsp3) is 0.391. The fourth-order valence-electron chi connectivity index (χ4n) is 2.67.